The monoisotopic (exact) mass is 378 g/mol. The van der Waals surface area contributed by atoms with E-state index in [9.17, 15) is 9.59 Å². The van der Waals surface area contributed by atoms with Crippen molar-refractivity contribution in [3.63, 3.8) is 0 Å². The molecule has 120 valence electrons. The summed E-state index contributed by atoms with van der Waals surface area (Å²) in [4.78, 5) is 24.1. The van der Waals surface area contributed by atoms with E-state index in [4.69, 9.17) is 14.2 Å². The number of carbonyl (C=O) groups is 2. The molecular weight excluding hydrogens is 364 g/mol. The van der Waals surface area contributed by atoms with Gasteiger partial charge < -0.3 is 14.2 Å². The summed E-state index contributed by atoms with van der Waals surface area (Å²) in [5, 5.41) is 0. The first-order chi connectivity index (χ1) is 11.0. The fourth-order valence-electron chi connectivity index (χ4n) is 1.86. The Hall–Kier alpha value is -2.34. The van der Waals surface area contributed by atoms with Crippen molar-refractivity contribution in [1.82, 2.24) is 0 Å². The molecule has 0 saturated heterocycles. The van der Waals surface area contributed by atoms with Crippen LogP contribution >= 0.6 is 15.9 Å². The fourth-order valence-corrected chi connectivity index (χ4v) is 2.27. The summed E-state index contributed by atoms with van der Waals surface area (Å²) < 4.78 is 15.7. The van der Waals surface area contributed by atoms with Crippen LogP contribution in [0.5, 0.6) is 11.5 Å². The zero-order valence-corrected chi connectivity index (χ0v) is 14.3. The van der Waals surface area contributed by atoms with Gasteiger partial charge in [-0.2, -0.15) is 0 Å². The highest BCUT2D eigenvalue weighted by Gasteiger charge is 2.15. The van der Waals surface area contributed by atoms with Crippen molar-refractivity contribution in [3.8, 4) is 11.5 Å². The fraction of sp³-hybridized carbons (Fsp3) is 0.176. The van der Waals surface area contributed by atoms with Gasteiger partial charge >= 0.3 is 5.97 Å². The standard InChI is InChI=1S/C17H15BrO5/c1-21-12-5-3-11(4-6-12)16(19)10-23-17(20)14-9-13(22-2)7-8-15(14)18/h3-9H,10H2,1-2H3. The third-order valence-corrected chi connectivity index (χ3v) is 3.83. The van der Waals surface area contributed by atoms with Crippen molar-refractivity contribution in [1.29, 1.82) is 0 Å². The molecule has 0 amide bonds. The molecule has 0 aliphatic carbocycles. The number of hydrogen-bond acceptors (Lipinski definition) is 5. The van der Waals surface area contributed by atoms with Crippen LogP contribution < -0.4 is 9.47 Å². The molecule has 2 rings (SSSR count). The zero-order chi connectivity index (χ0) is 16.8. The van der Waals surface area contributed by atoms with Gasteiger partial charge in [-0.25, -0.2) is 4.79 Å². The molecule has 2 aromatic carbocycles. The van der Waals surface area contributed by atoms with Gasteiger partial charge in [0.25, 0.3) is 0 Å². The number of rotatable bonds is 6. The summed E-state index contributed by atoms with van der Waals surface area (Å²) in [6.45, 7) is -0.338. The zero-order valence-electron chi connectivity index (χ0n) is 12.7. The summed E-state index contributed by atoms with van der Waals surface area (Å²) in [7, 11) is 3.05. The average molecular weight is 379 g/mol. The van der Waals surface area contributed by atoms with Gasteiger partial charge in [0, 0.05) is 10.0 Å². The Morgan fingerprint density at radius 3 is 2.17 bits per heavy atom. The van der Waals surface area contributed by atoms with E-state index >= 15 is 0 Å². The third kappa shape index (κ3) is 4.32. The molecule has 0 saturated carbocycles. The molecule has 0 unspecified atom stereocenters. The number of methoxy groups -OCH3 is 2. The minimum Gasteiger partial charge on any atom is -0.497 e. The van der Waals surface area contributed by atoms with Gasteiger partial charge in [0.05, 0.1) is 19.8 Å². The first-order valence-corrected chi connectivity index (χ1v) is 7.52. The Bertz CT molecular complexity index is 709. The molecule has 0 spiro atoms. The molecule has 5 nitrogen and oxygen atoms in total. The van der Waals surface area contributed by atoms with Crippen LogP contribution in [0, 0.1) is 0 Å². The minimum atomic E-state index is -0.599. The first kappa shape index (κ1) is 17.0. The Morgan fingerprint density at radius 1 is 0.957 bits per heavy atom. The van der Waals surface area contributed by atoms with Crippen molar-refractivity contribution in [3.05, 3.63) is 58.1 Å². The van der Waals surface area contributed by atoms with Crippen LogP contribution in [0.3, 0.4) is 0 Å². The molecule has 0 N–H and O–H groups in total. The lowest BCUT2D eigenvalue weighted by molar-refractivity contribution is 0.0473. The van der Waals surface area contributed by atoms with Crippen LogP contribution in [0.25, 0.3) is 0 Å². The molecule has 0 heterocycles. The quantitative estimate of drug-likeness (QED) is 0.568. The predicted octanol–water partition coefficient (Wildman–Crippen LogP) is 3.51. The normalized spacial score (nSPS) is 10.0. The maximum Gasteiger partial charge on any atom is 0.339 e. The van der Waals surface area contributed by atoms with E-state index in [1.54, 1.807) is 49.6 Å². The van der Waals surface area contributed by atoms with Crippen molar-refractivity contribution < 1.29 is 23.8 Å². The van der Waals surface area contributed by atoms with E-state index < -0.39 is 5.97 Å². The third-order valence-electron chi connectivity index (χ3n) is 3.14. The van der Waals surface area contributed by atoms with Gasteiger partial charge in [-0.05, 0) is 58.4 Å². The van der Waals surface area contributed by atoms with E-state index in [-0.39, 0.29) is 12.4 Å². The van der Waals surface area contributed by atoms with Crippen LogP contribution in [0.2, 0.25) is 0 Å². The number of halogens is 1. The minimum absolute atomic E-state index is 0.292. The summed E-state index contributed by atoms with van der Waals surface area (Å²) >= 11 is 3.27. The van der Waals surface area contributed by atoms with Gasteiger partial charge in [-0.3, -0.25) is 4.79 Å². The molecule has 6 heteroatoms. The number of esters is 1. The molecule has 0 bridgehead atoms. The van der Waals surface area contributed by atoms with Gasteiger partial charge in [0.1, 0.15) is 11.5 Å². The second kappa shape index (κ2) is 7.78. The first-order valence-electron chi connectivity index (χ1n) is 6.73. The number of Topliss-reactive ketones (excluding diaryl/α,β-unsaturated/α-hetero) is 1. The second-order valence-electron chi connectivity index (χ2n) is 4.57. The summed E-state index contributed by atoms with van der Waals surface area (Å²) in [5.41, 5.74) is 0.746. The summed E-state index contributed by atoms with van der Waals surface area (Å²) in [6, 6.07) is 11.5. The van der Waals surface area contributed by atoms with Crippen molar-refractivity contribution >= 4 is 27.7 Å². The molecule has 2 aromatic rings. The van der Waals surface area contributed by atoms with E-state index in [2.05, 4.69) is 15.9 Å². The van der Waals surface area contributed by atoms with Crippen molar-refractivity contribution in [2.45, 2.75) is 0 Å². The molecule has 0 fully saturated rings. The van der Waals surface area contributed by atoms with Crippen LogP contribution in [-0.2, 0) is 4.74 Å². The van der Waals surface area contributed by atoms with Crippen molar-refractivity contribution in [2.24, 2.45) is 0 Å². The van der Waals surface area contributed by atoms with Crippen LogP contribution in [0.4, 0.5) is 0 Å². The number of ether oxygens (including phenoxy) is 3. The van der Waals surface area contributed by atoms with Crippen LogP contribution in [0.1, 0.15) is 20.7 Å². The predicted molar refractivity (Wildman–Crippen MR) is 88.3 cm³/mol. The lowest BCUT2D eigenvalue weighted by Gasteiger charge is -2.08. The topological polar surface area (TPSA) is 61.8 Å². The lowest BCUT2D eigenvalue weighted by atomic mass is 10.1. The van der Waals surface area contributed by atoms with Gasteiger partial charge in [-0.1, -0.05) is 0 Å². The molecule has 0 aromatic heterocycles. The van der Waals surface area contributed by atoms with Crippen LogP contribution in [0.15, 0.2) is 46.9 Å². The Kier molecular flexibility index (Phi) is 5.76. The number of benzene rings is 2. The van der Waals surface area contributed by atoms with E-state index in [1.807, 2.05) is 0 Å². The Balaban J connectivity index is 2.02. The SMILES string of the molecule is COc1ccc(C(=O)COC(=O)c2cc(OC)ccc2Br)cc1. The highest BCUT2D eigenvalue weighted by molar-refractivity contribution is 9.10. The van der Waals surface area contributed by atoms with E-state index in [0.717, 1.165) is 0 Å². The van der Waals surface area contributed by atoms with Crippen LogP contribution in [-0.4, -0.2) is 32.6 Å². The molecule has 0 aliphatic heterocycles. The summed E-state index contributed by atoms with van der Waals surface area (Å²) in [6.07, 6.45) is 0. The molecule has 0 aliphatic rings. The van der Waals surface area contributed by atoms with E-state index in [0.29, 0.717) is 27.1 Å². The second-order valence-corrected chi connectivity index (χ2v) is 5.43. The lowest BCUT2D eigenvalue weighted by Crippen LogP contribution is -2.14. The van der Waals surface area contributed by atoms with Gasteiger partial charge in [0.15, 0.2) is 12.4 Å². The maximum atomic E-state index is 12.1. The largest absolute Gasteiger partial charge is 0.497 e. The number of hydrogen-bond donors (Lipinski definition) is 0. The molecule has 0 radical (unpaired) electrons. The van der Waals surface area contributed by atoms with Gasteiger partial charge in [-0.15, -0.1) is 0 Å². The van der Waals surface area contributed by atoms with Gasteiger partial charge in [0.2, 0.25) is 0 Å². The number of ketones is 1. The van der Waals surface area contributed by atoms with Crippen molar-refractivity contribution in [2.75, 3.05) is 20.8 Å². The molecular formula is C17H15BrO5. The maximum absolute atomic E-state index is 12.1. The average Bonchev–Trinajstić information content (AvgIpc) is 2.59. The molecule has 0 atom stereocenters. The van der Waals surface area contributed by atoms with E-state index in [1.165, 1.54) is 7.11 Å². The Labute approximate surface area is 142 Å². The smallest absolute Gasteiger partial charge is 0.339 e. The Morgan fingerprint density at radius 2 is 1.57 bits per heavy atom. The summed E-state index contributed by atoms with van der Waals surface area (Å²) in [5.74, 6) is 0.290. The highest BCUT2D eigenvalue weighted by Crippen LogP contribution is 2.23. The number of carbonyl (C=O) groups excluding carboxylic acids is 2. The highest BCUT2D eigenvalue weighted by atomic mass is 79.9. The molecule has 23 heavy (non-hydrogen) atoms.